The fourth-order valence-electron chi connectivity index (χ4n) is 4.60. The van der Waals surface area contributed by atoms with Gasteiger partial charge in [0.05, 0.1) is 19.8 Å². The zero-order valence-corrected chi connectivity index (χ0v) is 20.0. The molecule has 0 unspecified atom stereocenters. The molecule has 4 heterocycles. The van der Waals surface area contributed by atoms with Gasteiger partial charge in [-0.05, 0) is 51.5 Å². The molecule has 2 aliphatic heterocycles. The fourth-order valence-corrected chi connectivity index (χ4v) is 4.60. The molecule has 3 aromatic rings. The molecular formula is C25H26N4O6. The number of fused-ring (bicyclic) bond motifs is 1. The largest absolute Gasteiger partial charge is 0.490 e. The number of hydrogen-bond acceptors (Lipinski definition) is 7. The molecule has 1 saturated heterocycles. The summed E-state index contributed by atoms with van der Waals surface area (Å²) >= 11 is 0. The van der Waals surface area contributed by atoms with Gasteiger partial charge < -0.3 is 19.3 Å². The van der Waals surface area contributed by atoms with E-state index in [1.807, 2.05) is 6.92 Å². The summed E-state index contributed by atoms with van der Waals surface area (Å²) < 4.78 is 18.4. The Morgan fingerprint density at radius 3 is 2.54 bits per heavy atom. The standard InChI is InChI=1S/C25H26N4O6/c1-14-10-18(16(3)29(14)22-11-15(2)35-27-22)19(30)13-28-23(31)25(4,26-24(28)32)17-6-7-20-21(12-17)34-9-5-8-33-20/h6-7,10-12H,5,8-9,13H2,1-4H3,(H,26,32)/t25-/m1/s1. The Hall–Kier alpha value is -4.08. The van der Waals surface area contributed by atoms with Crippen molar-refractivity contribution >= 4 is 17.7 Å². The molecule has 1 atom stereocenters. The van der Waals surface area contributed by atoms with Crippen LogP contribution in [0.4, 0.5) is 4.79 Å². The van der Waals surface area contributed by atoms with Crippen LogP contribution >= 0.6 is 0 Å². The molecule has 0 spiro atoms. The molecule has 182 valence electrons. The van der Waals surface area contributed by atoms with Gasteiger partial charge in [0.2, 0.25) is 0 Å². The molecule has 0 radical (unpaired) electrons. The molecule has 1 fully saturated rings. The second kappa shape index (κ2) is 8.30. The first-order chi connectivity index (χ1) is 16.7. The van der Waals surface area contributed by atoms with Gasteiger partial charge >= 0.3 is 6.03 Å². The van der Waals surface area contributed by atoms with Crippen molar-refractivity contribution in [3.63, 3.8) is 0 Å². The van der Waals surface area contributed by atoms with E-state index in [1.165, 1.54) is 0 Å². The lowest BCUT2D eigenvalue weighted by molar-refractivity contribution is -0.130. The molecule has 3 amide bonds. The lowest BCUT2D eigenvalue weighted by atomic mass is 9.91. The van der Waals surface area contributed by atoms with Gasteiger partial charge in [-0.2, -0.15) is 0 Å². The van der Waals surface area contributed by atoms with Crippen molar-refractivity contribution in [2.24, 2.45) is 0 Å². The maximum absolute atomic E-state index is 13.4. The Balaban J connectivity index is 1.40. The van der Waals surface area contributed by atoms with Crippen molar-refractivity contribution in [2.45, 2.75) is 39.7 Å². The monoisotopic (exact) mass is 478 g/mol. The van der Waals surface area contributed by atoms with Crippen molar-refractivity contribution in [3.05, 3.63) is 58.6 Å². The van der Waals surface area contributed by atoms with Crippen LogP contribution in [-0.2, 0) is 10.3 Å². The summed E-state index contributed by atoms with van der Waals surface area (Å²) in [6.45, 7) is 7.71. The number of carbonyl (C=O) groups excluding carboxylic acids is 3. The third-order valence-corrected chi connectivity index (χ3v) is 6.48. The van der Waals surface area contributed by atoms with Crippen molar-refractivity contribution in [3.8, 4) is 17.3 Å². The third-order valence-electron chi connectivity index (χ3n) is 6.48. The molecule has 35 heavy (non-hydrogen) atoms. The molecule has 10 heteroatoms. The average molecular weight is 479 g/mol. The van der Waals surface area contributed by atoms with E-state index in [9.17, 15) is 14.4 Å². The van der Waals surface area contributed by atoms with Gasteiger partial charge in [0, 0.05) is 29.4 Å². The summed E-state index contributed by atoms with van der Waals surface area (Å²) in [4.78, 5) is 40.4. The Morgan fingerprint density at radius 2 is 1.83 bits per heavy atom. The number of aryl methyl sites for hydroxylation is 2. The van der Waals surface area contributed by atoms with Crippen LogP contribution in [-0.4, -0.2) is 52.1 Å². The van der Waals surface area contributed by atoms with Gasteiger partial charge in [-0.1, -0.05) is 11.2 Å². The number of nitrogens with zero attached hydrogens (tertiary/aromatic N) is 3. The van der Waals surface area contributed by atoms with E-state index >= 15 is 0 Å². The maximum Gasteiger partial charge on any atom is 0.325 e. The summed E-state index contributed by atoms with van der Waals surface area (Å²) in [5.41, 5.74) is 1.06. The number of nitrogens with one attached hydrogen (secondary N) is 1. The number of urea groups is 1. The fraction of sp³-hybridized carbons (Fsp3) is 0.360. The first-order valence-corrected chi connectivity index (χ1v) is 11.4. The number of aromatic nitrogens is 2. The molecule has 2 aromatic heterocycles. The highest BCUT2D eigenvalue weighted by Gasteiger charge is 2.50. The molecular weight excluding hydrogens is 452 g/mol. The Morgan fingerprint density at radius 1 is 1.09 bits per heavy atom. The summed E-state index contributed by atoms with van der Waals surface area (Å²) in [7, 11) is 0. The van der Waals surface area contributed by atoms with E-state index in [1.54, 1.807) is 55.7 Å². The Labute approximate surface area is 201 Å². The number of amides is 3. The number of hydrogen-bond donors (Lipinski definition) is 1. The average Bonchev–Trinajstić information content (AvgIpc) is 3.35. The summed E-state index contributed by atoms with van der Waals surface area (Å²) in [6, 6.07) is 8.03. The van der Waals surface area contributed by atoms with Crippen LogP contribution in [0.15, 0.2) is 34.9 Å². The minimum Gasteiger partial charge on any atom is -0.490 e. The zero-order chi connectivity index (χ0) is 24.9. The number of ketones is 1. The van der Waals surface area contributed by atoms with Crippen molar-refractivity contribution in [2.75, 3.05) is 19.8 Å². The van der Waals surface area contributed by atoms with Crippen molar-refractivity contribution in [1.82, 2.24) is 19.9 Å². The Kier molecular flexibility index (Phi) is 5.38. The third kappa shape index (κ3) is 3.74. The second-order valence-electron chi connectivity index (χ2n) is 9.00. The van der Waals surface area contributed by atoms with Crippen LogP contribution in [0.1, 0.15) is 46.4 Å². The summed E-state index contributed by atoms with van der Waals surface area (Å²) in [5.74, 6) is 1.47. The quantitative estimate of drug-likeness (QED) is 0.442. The smallest absolute Gasteiger partial charge is 0.325 e. The summed E-state index contributed by atoms with van der Waals surface area (Å²) in [5, 5.41) is 6.77. The highest BCUT2D eigenvalue weighted by Crippen LogP contribution is 2.36. The van der Waals surface area contributed by atoms with Crippen molar-refractivity contribution in [1.29, 1.82) is 0 Å². The molecule has 10 nitrogen and oxygen atoms in total. The first-order valence-electron chi connectivity index (χ1n) is 11.4. The van der Waals surface area contributed by atoms with Crippen LogP contribution in [0.3, 0.4) is 0 Å². The predicted molar refractivity (Wildman–Crippen MR) is 124 cm³/mol. The normalized spacial score (nSPS) is 19.6. The number of benzene rings is 1. The zero-order valence-electron chi connectivity index (χ0n) is 20.0. The van der Waals surface area contributed by atoms with Gasteiger partial charge in [-0.25, -0.2) is 4.79 Å². The van der Waals surface area contributed by atoms with E-state index < -0.39 is 17.5 Å². The van der Waals surface area contributed by atoms with Gasteiger partial charge in [-0.3, -0.25) is 19.1 Å². The maximum atomic E-state index is 13.4. The predicted octanol–water partition coefficient (Wildman–Crippen LogP) is 3.20. The number of Topliss-reactive ketones (excluding diaryl/α,β-unsaturated/α-hetero) is 1. The lowest BCUT2D eigenvalue weighted by Gasteiger charge is -2.23. The van der Waals surface area contributed by atoms with Crippen LogP contribution < -0.4 is 14.8 Å². The summed E-state index contributed by atoms with van der Waals surface area (Å²) in [6.07, 6.45) is 0.754. The number of imide groups is 1. The Bertz CT molecular complexity index is 1360. The second-order valence-corrected chi connectivity index (χ2v) is 9.00. The first kappa shape index (κ1) is 22.7. The lowest BCUT2D eigenvalue weighted by Crippen LogP contribution is -2.41. The highest BCUT2D eigenvalue weighted by atomic mass is 16.5. The van der Waals surface area contributed by atoms with Gasteiger partial charge in [0.25, 0.3) is 5.91 Å². The number of ether oxygens (including phenoxy) is 2. The van der Waals surface area contributed by atoms with E-state index in [0.29, 0.717) is 53.1 Å². The molecule has 0 saturated carbocycles. The molecule has 0 aliphatic carbocycles. The van der Waals surface area contributed by atoms with Gasteiger partial charge in [0.1, 0.15) is 11.3 Å². The van der Waals surface area contributed by atoms with Crippen molar-refractivity contribution < 1.29 is 28.4 Å². The number of carbonyl (C=O) groups is 3. The van der Waals surface area contributed by atoms with E-state index in [4.69, 9.17) is 14.0 Å². The van der Waals surface area contributed by atoms with E-state index in [2.05, 4.69) is 10.5 Å². The number of rotatable bonds is 5. The van der Waals surface area contributed by atoms with E-state index in [-0.39, 0.29) is 12.3 Å². The molecule has 5 rings (SSSR count). The molecule has 1 N–H and O–H groups in total. The van der Waals surface area contributed by atoms with Crippen LogP contribution in [0.25, 0.3) is 5.82 Å². The molecule has 2 aliphatic rings. The van der Waals surface area contributed by atoms with Crippen LogP contribution in [0, 0.1) is 20.8 Å². The molecule has 0 bridgehead atoms. The van der Waals surface area contributed by atoms with Gasteiger partial charge in [0.15, 0.2) is 23.1 Å². The minimum absolute atomic E-state index is 0.351. The van der Waals surface area contributed by atoms with E-state index in [0.717, 1.165) is 17.0 Å². The molecule has 1 aromatic carbocycles. The minimum atomic E-state index is -1.34. The van der Waals surface area contributed by atoms with Crippen LogP contribution in [0.5, 0.6) is 11.5 Å². The highest BCUT2D eigenvalue weighted by molar-refractivity contribution is 6.11. The SMILES string of the molecule is Cc1cc(-n2c(C)cc(C(=O)CN3C(=O)N[C@](C)(c4ccc5c(c4)OCCCO5)C3=O)c2C)no1. The van der Waals surface area contributed by atoms with Crippen LogP contribution in [0.2, 0.25) is 0 Å². The van der Waals surface area contributed by atoms with Gasteiger partial charge in [-0.15, -0.1) is 0 Å². The topological polar surface area (TPSA) is 116 Å².